The van der Waals surface area contributed by atoms with Crippen LogP contribution in [-0.4, -0.2) is 28.5 Å². The minimum atomic E-state index is 0. The van der Waals surface area contributed by atoms with Gasteiger partial charge in [0.25, 0.3) is 0 Å². The van der Waals surface area contributed by atoms with Crippen LogP contribution in [0.2, 0.25) is 0 Å². The van der Waals surface area contributed by atoms with Crippen molar-refractivity contribution < 1.29 is 4.74 Å². The van der Waals surface area contributed by atoms with Crippen LogP contribution in [0, 0.1) is 6.92 Å². The molecular weight excluding hydrogens is 413 g/mol. The summed E-state index contributed by atoms with van der Waals surface area (Å²) in [5, 5.41) is 3.67. The molecule has 1 aromatic carbocycles. The first-order valence-electron chi connectivity index (χ1n) is 6.25. The predicted molar refractivity (Wildman–Crippen MR) is 103 cm³/mol. The fourth-order valence-electron chi connectivity index (χ4n) is 1.65. The van der Waals surface area contributed by atoms with Crippen LogP contribution in [-0.2, 0) is 0 Å². The van der Waals surface area contributed by atoms with E-state index in [4.69, 9.17) is 10.5 Å². The number of hydrogen-bond donors (Lipinski definition) is 2. The van der Waals surface area contributed by atoms with Crippen molar-refractivity contribution in [1.29, 1.82) is 0 Å². The summed E-state index contributed by atoms with van der Waals surface area (Å²) in [6, 6.07) is 9.33. The van der Waals surface area contributed by atoms with Gasteiger partial charge in [0, 0.05) is 11.8 Å². The number of benzene rings is 1. The Bertz CT molecular complexity index is 648. The number of anilines is 2. The molecule has 1 heterocycles. The number of nitrogens with zero attached hydrogens (tertiary/aromatic N) is 3. The van der Waals surface area contributed by atoms with Gasteiger partial charge < -0.3 is 15.8 Å². The first-order chi connectivity index (χ1) is 10.1. The van der Waals surface area contributed by atoms with Gasteiger partial charge in [0.05, 0.1) is 7.11 Å². The molecule has 118 valence electrons. The summed E-state index contributed by atoms with van der Waals surface area (Å²) in [6.45, 7) is 1.81. The molecule has 0 saturated heterocycles. The average molecular weight is 431 g/mol. The highest BCUT2D eigenvalue weighted by molar-refractivity contribution is 14.0. The first-order valence-corrected chi connectivity index (χ1v) is 7.48. The number of nitrogens with one attached hydrogen (secondary N) is 1. The Morgan fingerprint density at radius 2 is 1.95 bits per heavy atom. The van der Waals surface area contributed by atoms with E-state index in [0.29, 0.717) is 22.6 Å². The van der Waals surface area contributed by atoms with E-state index in [2.05, 4.69) is 20.3 Å². The van der Waals surface area contributed by atoms with E-state index in [1.165, 1.54) is 11.8 Å². The Labute approximate surface area is 151 Å². The zero-order valence-electron chi connectivity index (χ0n) is 12.5. The maximum absolute atomic E-state index is 5.71. The molecule has 3 N–H and O–H groups in total. The number of methoxy groups -OCH3 is 1. The summed E-state index contributed by atoms with van der Waals surface area (Å²) in [7, 11) is 1.64. The molecule has 22 heavy (non-hydrogen) atoms. The summed E-state index contributed by atoms with van der Waals surface area (Å²) in [5.41, 5.74) is 6.61. The standard InChI is InChI=1S/C14H17N5OS.HI/c1-9-16-12(8-13(17-9)19-14(15)21-3)18-10-4-6-11(20-2)7-5-10;/h4-8H,1-3H3,(H3,15,16,17,18,19);1H. The maximum atomic E-state index is 5.71. The molecule has 0 amide bonds. The number of rotatable bonds is 4. The monoisotopic (exact) mass is 431 g/mol. The lowest BCUT2D eigenvalue weighted by Crippen LogP contribution is -2.05. The molecule has 2 rings (SSSR count). The van der Waals surface area contributed by atoms with Crippen LogP contribution in [0.3, 0.4) is 0 Å². The number of aryl methyl sites for hydroxylation is 1. The van der Waals surface area contributed by atoms with Crippen molar-refractivity contribution in [2.75, 3.05) is 18.7 Å². The van der Waals surface area contributed by atoms with Crippen molar-refractivity contribution in [3.8, 4) is 5.75 Å². The lowest BCUT2D eigenvalue weighted by molar-refractivity contribution is 0.415. The average Bonchev–Trinajstić information content (AvgIpc) is 2.47. The molecule has 0 radical (unpaired) electrons. The van der Waals surface area contributed by atoms with Crippen LogP contribution >= 0.6 is 35.7 Å². The smallest absolute Gasteiger partial charge is 0.160 e. The van der Waals surface area contributed by atoms with Gasteiger partial charge in [-0.05, 0) is 37.4 Å². The van der Waals surface area contributed by atoms with Crippen LogP contribution in [0.25, 0.3) is 0 Å². The molecule has 0 spiro atoms. The number of thioether (sulfide) groups is 1. The lowest BCUT2D eigenvalue weighted by Gasteiger charge is -2.08. The largest absolute Gasteiger partial charge is 0.497 e. The molecule has 1 aromatic heterocycles. The second-order valence-corrected chi connectivity index (χ2v) is 4.99. The molecule has 6 nitrogen and oxygen atoms in total. The molecule has 8 heteroatoms. The Kier molecular flexibility index (Phi) is 7.39. The van der Waals surface area contributed by atoms with Gasteiger partial charge in [-0.25, -0.2) is 15.0 Å². The van der Waals surface area contributed by atoms with E-state index in [0.717, 1.165) is 11.4 Å². The Morgan fingerprint density at radius 1 is 1.27 bits per heavy atom. The van der Waals surface area contributed by atoms with Gasteiger partial charge in [-0.1, -0.05) is 11.8 Å². The number of ether oxygens (including phenoxy) is 1. The van der Waals surface area contributed by atoms with Crippen LogP contribution in [0.15, 0.2) is 35.3 Å². The number of aromatic nitrogens is 2. The number of halogens is 1. The third-order valence-corrected chi connectivity index (χ3v) is 3.13. The Hall–Kier alpha value is -1.55. The fourth-order valence-corrected chi connectivity index (χ4v) is 1.84. The third kappa shape index (κ3) is 5.34. The Balaban J connectivity index is 0.00000242. The zero-order valence-corrected chi connectivity index (χ0v) is 15.7. The maximum Gasteiger partial charge on any atom is 0.160 e. The SMILES string of the molecule is COc1ccc(Nc2cc(N=C(N)SC)nc(C)n2)cc1.I. The Morgan fingerprint density at radius 3 is 2.55 bits per heavy atom. The second kappa shape index (κ2) is 8.79. The third-order valence-electron chi connectivity index (χ3n) is 2.62. The molecule has 0 aliphatic carbocycles. The number of hydrogen-bond acceptors (Lipinski definition) is 6. The van der Waals surface area contributed by atoms with E-state index >= 15 is 0 Å². The van der Waals surface area contributed by atoms with Crippen molar-refractivity contribution in [3.05, 3.63) is 36.2 Å². The number of nitrogens with two attached hydrogens (primary N) is 1. The molecule has 0 bridgehead atoms. The number of amidine groups is 1. The molecule has 0 fully saturated rings. The van der Waals surface area contributed by atoms with Gasteiger partial charge in [-0.3, -0.25) is 0 Å². The van der Waals surface area contributed by atoms with E-state index in [1.54, 1.807) is 13.2 Å². The van der Waals surface area contributed by atoms with Gasteiger partial charge >= 0.3 is 0 Å². The predicted octanol–water partition coefficient (Wildman–Crippen LogP) is 3.46. The van der Waals surface area contributed by atoms with Crippen molar-refractivity contribution in [2.24, 2.45) is 10.7 Å². The van der Waals surface area contributed by atoms with Gasteiger partial charge in [-0.2, -0.15) is 0 Å². The molecule has 0 aliphatic rings. The van der Waals surface area contributed by atoms with Crippen LogP contribution < -0.4 is 15.8 Å². The minimum absolute atomic E-state index is 0. The summed E-state index contributed by atoms with van der Waals surface area (Å²) < 4.78 is 5.13. The zero-order chi connectivity index (χ0) is 15.2. The van der Waals surface area contributed by atoms with Gasteiger partial charge in [0.1, 0.15) is 17.4 Å². The summed E-state index contributed by atoms with van der Waals surface area (Å²) in [6.07, 6.45) is 1.86. The van der Waals surface area contributed by atoms with Gasteiger partial charge in [-0.15, -0.1) is 24.0 Å². The van der Waals surface area contributed by atoms with Crippen molar-refractivity contribution in [2.45, 2.75) is 6.92 Å². The highest BCUT2D eigenvalue weighted by atomic mass is 127. The summed E-state index contributed by atoms with van der Waals surface area (Å²) >= 11 is 1.37. The topological polar surface area (TPSA) is 85.4 Å². The molecule has 0 aliphatic heterocycles. The molecule has 2 aromatic rings. The van der Waals surface area contributed by atoms with E-state index in [1.807, 2.05) is 37.4 Å². The van der Waals surface area contributed by atoms with E-state index in [-0.39, 0.29) is 24.0 Å². The summed E-state index contributed by atoms with van der Waals surface area (Å²) in [5.74, 6) is 2.63. The second-order valence-electron chi connectivity index (χ2n) is 4.17. The van der Waals surface area contributed by atoms with Gasteiger partial charge in [0.15, 0.2) is 11.0 Å². The fraction of sp³-hybridized carbons (Fsp3) is 0.214. The lowest BCUT2D eigenvalue weighted by atomic mass is 10.3. The normalized spacial score (nSPS) is 10.8. The molecular formula is C14H18IN5OS. The van der Waals surface area contributed by atoms with Crippen molar-refractivity contribution in [1.82, 2.24) is 9.97 Å². The highest BCUT2D eigenvalue weighted by Crippen LogP contribution is 2.21. The number of aliphatic imine (C=N–C) groups is 1. The molecule has 0 atom stereocenters. The van der Waals surface area contributed by atoms with E-state index in [9.17, 15) is 0 Å². The molecule has 0 unspecified atom stereocenters. The van der Waals surface area contributed by atoms with Crippen LogP contribution in [0.5, 0.6) is 5.75 Å². The van der Waals surface area contributed by atoms with Crippen LogP contribution in [0.1, 0.15) is 5.82 Å². The summed E-state index contributed by atoms with van der Waals surface area (Å²) in [4.78, 5) is 12.8. The molecule has 0 saturated carbocycles. The van der Waals surface area contributed by atoms with Crippen molar-refractivity contribution in [3.63, 3.8) is 0 Å². The minimum Gasteiger partial charge on any atom is -0.497 e. The van der Waals surface area contributed by atoms with Crippen LogP contribution in [0.4, 0.5) is 17.3 Å². The van der Waals surface area contributed by atoms with Gasteiger partial charge in [0.2, 0.25) is 0 Å². The first kappa shape index (κ1) is 18.5. The van der Waals surface area contributed by atoms with Crippen molar-refractivity contribution >= 4 is 58.2 Å². The van der Waals surface area contributed by atoms with E-state index < -0.39 is 0 Å². The highest BCUT2D eigenvalue weighted by Gasteiger charge is 2.03. The quantitative estimate of drug-likeness (QED) is 0.438.